The van der Waals surface area contributed by atoms with Gasteiger partial charge in [0, 0.05) is 11.1 Å². The molecular formula is C16H16F3N3O2S. The van der Waals surface area contributed by atoms with Gasteiger partial charge in [-0.3, -0.25) is 0 Å². The van der Waals surface area contributed by atoms with E-state index in [-0.39, 0.29) is 5.69 Å². The molecule has 1 aromatic carbocycles. The zero-order valence-electron chi connectivity index (χ0n) is 13.3. The molecule has 2 N–H and O–H groups in total. The summed E-state index contributed by atoms with van der Waals surface area (Å²) >= 11 is 1.46. The Kier molecular flexibility index (Phi) is 4.59. The number of carbonyl (C=O) groups excluding carboxylic acids is 1. The quantitative estimate of drug-likeness (QED) is 0.829. The Bertz CT molecular complexity index is 772. The summed E-state index contributed by atoms with van der Waals surface area (Å²) < 4.78 is 41.3. The van der Waals surface area contributed by atoms with Gasteiger partial charge < -0.3 is 15.4 Å². The molecule has 3 rings (SSSR count). The summed E-state index contributed by atoms with van der Waals surface area (Å²) in [5.74, 6) is -0.460. The van der Waals surface area contributed by atoms with E-state index in [1.807, 2.05) is 12.3 Å². The number of urea groups is 1. The number of alkyl halides is 3. The molecule has 0 atom stereocenters. The lowest BCUT2D eigenvalue weighted by atomic mass is 9.77. The molecular weight excluding hydrogens is 355 g/mol. The van der Waals surface area contributed by atoms with Gasteiger partial charge in [-0.2, -0.15) is 0 Å². The van der Waals surface area contributed by atoms with E-state index >= 15 is 0 Å². The first-order chi connectivity index (χ1) is 11.8. The second-order valence-corrected chi connectivity index (χ2v) is 6.71. The number of para-hydroxylation sites is 2. The number of carbonyl (C=O) groups is 1. The highest BCUT2D eigenvalue weighted by Crippen LogP contribution is 2.42. The number of hydrogen-bond donors (Lipinski definition) is 2. The molecule has 2 amide bonds. The number of hydrogen-bond acceptors (Lipinski definition) is 4. The summed E-state index contributed by atoms with van der Waals surface area (Å²) in [6, 6.07) is 4.82. The Morgan fingerprint density at radius 3 is 2.60 bits per heavy atom. The maximum Gasteiger partial charge on any atom is 0.573 e. The van der Waals surface area contributed by atoms with Crippen LogP contribution in [0.5, 0.6) is 5.75 Å². The number of amides is 2. The standard InChI is InChI=1S/C16H16F3N3O2S/c1-10-9-25-13(20-10)15(7-4-8-15)22-14(23)21-11-5-2-3-6-12(11)24-16(17,18)19/h2-3,5-6,9H,4,7-8H2,1H3,(H2,21,22,23). The van der Waals surface area contributed by atoms with Crippen LogP contribution in [0.4, 0.5) is 23.7 Å². The van der Waals surface area contributed by atoms with Crippen molar-refractivity contribution in [1.29, 1.82) is 0 Å². The molecule has 0 aliphatic heterocycles. The topological polar surface area (TPSA) is 63.2 Å². The maximum absolute atomic E-state index is 12.5. The molecule has 1 aliphatic carbocycles. The smallest absolute Gasteiger partial charge is 0.404 e. The van der Waals surface area contributed by atoms with E-state index in [2.05, 4.69) is 20.4 Å². The third-order valence-corrected chi connectivity index (χ3v) is 5.11. The Morgan fingerprint density at radius 2 is 2.04 bits per heavy atom. The Hall–Kier alpha value is -2.29. The number of anilines is 1. The summed E-state index contributed by atoms with van der Waals surface area (Å²) in [5, 5.41) is 8.01. The molecule has 134 valence electrons. The summed E-state index contributed by atoms with van der Waals surface area (Å²) in [6.45, 7) is 1.87. The zero-order chi connectivity index (χ0) is 18.1. The van der Waals surface area contributed by atoms with E-state index in [1.165, 1.54) is 29.5 Å². The van der Waals surface area contributed by atoms with E-state index in [9.17, 15) is 18.0 Å². The summed E-state index contributed by atoms with van der Waals surface area (Å²) in [5.41, 5.74) is 0.266. The molecule has 0 spiro atoms. The molecule has 0 bridgehead atoms. The average Bonchev–Trinajstić information content (AvgIpc) is 2.90. The van der Waals surface area contributed by atoms with Crippen LogP contribution in [-0.4, -0.2) is 17.4 Å². The van der Waals surface area contributed by atoms with Crippen molar-refractivity contribution >= 4 is 23.1 Å². The predicted molar refractivity (Wildman–Crippen MR) is 87.7 cm³/mol. The number of aromatic nitrogens is 1. The third-order valence-electron chi connectivity index (χ3n) is 3.95. The van der Waals surface area contributed by atoms with Gasteiger partial charge in [-0.25, -0.2) is 9.78 Å². The largest absolute Gasteiger partial charge is 0.573 e. The Morgan fingerprint density at radius 1 is 1.32 bits per heavy atom. The van der Waals surface area contributed by atoms with Gasteiger partial charge in [-0.05, 0) is 38.3 Å². The number of benzene rings is 1. The van der Waals surface area contributed by atoms with Crippen molar-refractivity contribution in [3.63, 3.8) is 0 Å². The molecule has 1 aromatic heterocycles. The van der Waals surface area contributed by atoms with Crippen LogP contribution in [0.2, 0.25) is 0 Å². The van der Waals surface area contributed by atoms with Crippen molar-refractivity contribution in [3.8, 4) is 5.75 Å². The first kappa shape index (κ1) is 17.5. The van der Waals surface area contributed by atoms with E-state index in [0.29, 0.717) is 0 Å². The van der Waals surface area contributed by atoms with E-state index in [1.54, 1.807) is 0 Å². The molecule has 0 saturated heterocycles. The van der Waals surface area contributed by atoms with Crippen LogP contribution in [0.15, 0.2) is 29.6 Å². The first-order valence-electron chi connectivity index (χ1n) is 7.64. The monoisotopic (exact) mass is 371 g/mol. The molecule has 1 saturated carbocycles. The van der Waals surface area contributed by atoms with Gasteiger partial charge in [0.15, 0.2) is 5.75 Å². The number of nitrogens with zero attached hydrogens (tertiary/aromatic N) is 1. The molecule has 1 aliphatic rings. The van der Waals surface area contributed by atoms with Gasteiger partial charge in [-0.15, -0.1) is 24.5 Å². The maximum atomic E-state index is 12.5. The molecule has 9 heteroatoms. The van der Waals surface area contributed by atoms with Crippen LogP contribution in [0.3, 0.4) is 0 Å². The van der Waals surface area contributed by atoms with Crippen molar-refractivity contribution in [2.24, 2.45) is 0 Å². The van der Waals surface area contributed by atoms with Crippen LogP contribution in [0.1, 0.15) is 30.0 Å². The molecule has 0 unspecified atom stereocenters. The van der Waals surface area contributed by atoms with Gasteiger partial charge >= 0.3 is 12.4 Å². The normalized spacial score (nSPS) is 16.0. The molecule has 2 aromatic rings. The number of rotatable bonds is 4. The Balaban J connectivity index is 1.73. The average molecular weight is 371 g/mol. The van der Waals surface area contributed by atoms with E-state index in [4.69, 9.17) is 0 Å². The molecule has 1 fully saturated rings. The summed E-state index contributed by atoms with van der Waals surface area (Å²) in [7, 11) is 0. The highest BCUT2D eigenvalue weighted by atomic mass is 32.1. The van der Waals surface area contributed by atoms with Crippen LogP contribution >= 0.6 is 11.3 Å². The zero-order valence-corrected chi connectivity index (χ0v) is 14.1. The molecule has 25 heavy (non-hydrogen) atoms. The number of nitrogens with one attached hydrogen (secondary N) is 2. The fourth-order valence-corrected chi connectivity index (χ4v) is 3.66. The second kappa shape index (κ2) is 6.55. The van der Waals surface area contributed by atoms with Gasteiger partial charge in [-0.1, -0.05) is 12.1 Å². The van der Waals surface area contributed by atoms with Crippen molar-refractivity contribution < 1.29 is 22.7 Å². The van der Waals surface area contributed by atoms with Crippen molar-refractivity contribution in [3.05, 3.63) is 40.3 Å². The molecule has 5 nitrogen and oxygen atoms in total. The minimum absolute atomic E-state index is 0.0536. The van der Waals surface area contributed by atoms with E-state index in [0.717, 1.165) is 36.0 Å². The summed E-state index contributed by atoms with van der Waals surface area (Å²) in [6.07, 6.45) is -2.39. The van der Waals surface area contributed by atoms with Gasteiger partial charge in [0.1, 0.15) is 5.01 Å². The van der Waals surface area contributed by atoms with Crippen molar-refractivity contribution in [2.45, 2.75) is 38.1 Å². The fraction of sp³-hybridized carbons (Fsp3) is 0.375. The number of ether oxygens (including phenoxy) is 1. The van der Waals surface area contributed by atoms with Gasteiger partial charge in [0.05, 0.1) is 11.2 Å². The minimum Gasteiger partial charge on any atom is -0.404 e. The van der Waals surface area contributed by atoms with Crippen LogP contribution in [-0.2, 0) is 5.54 Å². The van der Waals surface area contributed by atoms with E-state index < -0.39 is 23.7 Å². The van der Waals surface area contributed by atoms with Crippen LogP contribution in [0.25, 0.3) is 0 Å². The SMILES string of the molecule is Cc1csc(C2(NC(=O)Nc3ccccc3OC(F)(F)F)CCC2)n1. The third kappa shape index (κ3) is 4.04. The highest BCUT2D eigenvalue weighted by molar-refractivity contribution is 7.09. The lowest BCUT2D eigenvalue weighted by molar-refractivity contribution is -0.274. The molecule has 1 heterocycles. The van der Waals surface area contributed by atoms with Gasteiger partial charge in [0.2, 0.25) is 0 Å². The number of thiazole rings is 1. The Labute approximate surface area is 146 Å². The van der Waals surface area contributed by atoms with Crippen LogP contribution in [0, 0.1) is 6.92 Å². The number of aryl methyl sites for hydroxylation is 1. The van der Waals surface area contributed by atoms with Crippen molar-refractivity contribution in [1.82, 2.24) is 10.3 Å². The first-order valence-corrected chi connectivity index (χ1v) is 8.52. The number of halogens is 3. The second-order valence-electron chi connectivity index (χ2n) is 5.85. The lowest BCUT2D eigenvalue weighted by Crippen LogP contribution is -2.52. The van der Waals surface area contributed by atoms with Crippen molar-refractivity contribution in [2.75, 3.05) is 5.32 Å². The fourth-order valence-electron chi connectivity index (χ4n) is 2.65. The predicted octanol–water partition coefficient (Wildman–Crippen LogP) is 4.55. The summed E-state index contributed by atoms with van der Waals surface area (Å²) in [4.78, 5) is 16.8. The highest BCUT2D eigenvalue weighted by Gasteiger charge is 2.42. The molecule has 0 radical (unpaired) electrons. The van der Waals surface area contributed by atoms with Crippen LogP contribution < -0.4 is 15.4 Å². The minimum atomic E-state index is -4.83. The van der Waals surface area contributed by atoms with Gasteiger partial charge in [0.25, 0.3) is 0 Å². The lowest BCUT2D eigenvalue weighted by Gasteiger charge is -2.40.